The number of esters is 1. The van der Waals surface area contributed by atoms with Crippen molar-refractivity contribution in [3.8, 4) is 0 Å². The van der Waals surface area contributed by atoms with E-state index in [1.807, 2.05) is 6.92 Å². The highest BCUT2D eigenvalue weighted by Gasteiger charge is 2.56. The Bertz CT molecular complexity index is 296. The second-order valence-electron chi connectivity index (χ2n) is 5.99. The molecule has 0 aromatic heterocycles. The minimum absolute atomic E-state index is 0.0144. The van der Waals surface area contributed by atoms with Crippen LogP contribution >= 0.6 is 0 Å². The van der Waals surface area contributed by atoms with E-state index in [1.165, 1.54) is 25.7 Å². The molecule has 2 atom stereocenters. The molecule has 2 aliphatic rings. The van der Waals surface area contributed by atoms with Crippen LogP contribution < -0.4 is 0 Å². The molecular weight excluding hydrogens is 240 g/mol. The van der Waals surface area contributed by atoms with Crippen LogP contribution in [0.2, 0.25) is 0 Å². The van der Waals surface area contributed by atoms with Gasteiger partial charge >= 0.3 is 5.97 Å². The normalized spacial score (nSPS) is 31.8. The summed E-state index contributed by atoms with van der Waals surface area (Å²) in [5.74, 6) is 0.497. The van der Waals surface area contributed by atoms with E-state index in [0.29, 0.717) is 12.5 Å². The van der Waals surface area contributed by atoms with Gasteiger partial charge in [0.2, 0.25) is 0 Å². The predicted octanol–water partition coefficient (Wildman–Crippen LogP) is 3.71. The first-order chi connectivity index (χ1) is 9.25. The number of carbonyl (C=O) groups is 1. The maximum atomic E-state index is 12.6. The van der Waals surface area contributed by atoms with E-state index in [1.54, 1.807) is 0 Å². The van der Waals surface area contributed by atoms with Crippen molar-refractivity contribution >= 4 is 5.97 Å². The standard InChI is InChI=1S/C16H28O3/c1-3-12-19-14-10-7-11-16(14,15(17)18-4-2)13-8-5-6-9-13/h13-14H,3-12H2,1-2H3. The molecule has 2 unspecified atom stereocenters. The van der Waals surface area contributed by atoms with Crippen molar-refractivity contribution in [1.82, 2.24) is 0 Å². The molecule has 0 aromatic rings. The zero-order valence-electron chi connectivity index (χ0n) is 12.5. The molecule has 0 amide bonds. The van der Waals surface area contributed by atoms with Crippen molar-refractivity contribution in [3.05, 3.63) is 0 Å². The first kappa shape index (κ1) is 14.8. The molecule has 2 aliphatic carbocycles. The lowest BCUT2D eigenvalue weighted by Crippen LogP contribution is -2.46. The topological polar surface area (TPSA) is 35.5 Å². The molecular formula is C16H28O3. The fourth-order valence-corrected chi connectivity index (χ4v) is 4.06. The van der Waals surface area contributed by atoms with Crippen LogP contribution in [-0.4, -0.2) is 25.3 Å². The van der Waals surface area contributed by atoms with Crippen molar-refractivity contribution in [1.29, 1.82) is 0 Å². The van der Waals surface area contributed by atoms with Gasteiger partial charge in [0, 0.05) is 6.61 Å². The molecule has 19 heavy (non-hydrogen) atoms. The smallest absolute Gasteiger partial charge is 0.314 e. The van der Waals surface area contributed by atoms with Crippen LogP contribution in [0.15, 0.2) is 0 Å². The molecule has 0 aromatic carbocycles. The van der Waals surface area contributed by atoms with Crippen molar-refractivity contribution < 1.29 is 14.3 Å². The Kier molecular flexibility index (Phi) is 5.26. The number of rotatable bonds is 6. The molecule has 0 radical (unpaired) electrons. The molecule has 0 aliphatic heterocycles. The number of ether oxygens (including phenoxy) is 2. The van der Waals surface area contributed by atoms with Gasteiger partial charge in [-0.3, -0.25) is 4.79 Å². The second-order valence-corrected chi connectivity index (χ2v) is 5.99. The average Bonchev–Trinajstić information content (AvgIpc) is 3.06. The van der Waals surface area contributed by atoms with Gasteiger partial charge in [-0.15, -0.1) is 0 Å². The highest BCUT2D eigenvalue weighted by atomic mass is 16.5. The zero-order valence-corrected chi connectivity index (χ0v) is 12.5. The van der Waals surface area contributed by atoms with Gasteiger partial charge in [-0.05, 0) is 51.4 Å². The van der Waals surface area contributed by atoms with E-state index in [0.717, 1.165) is 32.3 Å². The summed E-state index contributed by atoms with van der Waals surface area (Å²) in [6.45, 7) is 5.26. The zero-order chi connectivity index (χ0) is 13.7. The lowest BCUT2D eigenvalue weighted by molar-refractivity contribution is -0.170. The predicted molar refractivity (Wildman–Crippen MR) is 74.9 cm³/mol. The summed E-state index contributed by atoms with van der Waals surface area (Å²) in [6.07, 6.45) is 9.05. The third kappa shape index (κ3) is 2.81. The Labute approximate surface area is 117 Å². The molecule has 0 spiro atoms. The van der Waals surface area contributed by atoms with Crippen LogP contribution in [0.1, 0.15) is 65.2 Å². The number of carbonyl (C=O) groups excluding carboxylic acids is 1. The van der Waals surface area contributed by atoms with Crippen LogP contribution in [0, 0.1) is 11.3 Å². The largest absolute Gasteiger partial charge is 0.465 e. The van der Waals surface area contributed by atoms with Crippen LogP contribution in [0.4, 0.5) is 0 Å². The third-order valence-electron chi connectivity index (χ3n) is 4.89. The molecule has 110 valence electrons. The van der Waals surface area contributed by atoms with E-state index >= 15 is 0 Å². The summed E-state index contributed by atoms with van der Waals surface area (Å²) in [4.78, 5) is 12.6. The monoisotopic (exact) mass is 268 g/mol. The Morgan fingerprint density at radius 3 is 2.53 bits per heavy atom. The summed E-state index contributed by atoms with van der Waals surface area (Å²) in [6, 6.07) is 0. The van der Waals surface area contributed by atoms with Gasteiger partial charge in [0.25, 0.3) is 0 Å². The molecule has 3 nitrogen and oxygen atoms in total. The number of hydrogen-bond acceptors (Lipinski definition) is 3. The van der Waals surface area contributed by atoms with E-state index in [-0.39, 0.29) is 17.5 Å². The Balaban J connectivity index is 2.18. The van der Waals surface area contributed by atoms with Crippen LogP contribution in [0.25, 0.3) is 0 Å². The minimum Gasteiger partial charge on any atom is -0.465 e. The van der Waals surface area contributed by atoms with Gasteiger partial charge in [0.05, 0.1) is 18.1 Å². The summed E-state index contributed by atoms with van der Waals surface area (Å²) >= 11 is 0. The quantitative estimate of drug-likeness (QED) is 0.689. The molecule has 0 saturated heterocycles. The lowest BCUT2D eigenvalue weighted by Gasteiger charge is -2.38. The summed E-state index contributed by atoms with van der Waals surface area (Å²) < 4.78 is 11.5. The molecule has 2 rings (SSSR count). The SMILES string of the molecule is CCCOC1CCCC1(C(=O)OCC)C1CCCC1. The summed E-state index contributed by atoms with van der Waals surface area (Å²) in [7, 11) is 0. The number of hydrogen-bond donors (Lipinski definition) is 0. The van der Waals surface area contributed by atoms with Gasteiger partial charge in [-0.25, -0.2) is 0 Å². The fourth-order valence-electron chi connectivity index (χ4n) is 4.06. The summed E-state index contributed by atoms with van der Waals surface area (Å²) in [5.41, 5.74) is -0.332. The van der Waals surface area contributed by atoms with Crippen molar-refractivity contribution in [2.24, 2.45) is 11.3 Å². The molecule has 0 heterocycles. The minimum atomic E-state index is -0.332. The van der Waals surface area contributed by atoms with E-state index in [2.05, 4.69) is 6.92 Å². The van der Waals surface area contributed by atoms with Crippen LogP contribution in [0.3, 0.4) is 0 Å². The second kappa shape index (κ2) is 6.74. The van der Waals surface area contributed by atoms with Gasteiger partial charge in [0.15, 0.2) is 0 Å². The van der Waals surface area contributed by atoms with Gasteiger partial charge < -0.3 is 9.47 Å². The van der Waals surface area contributed by atoms with Crippen molar-refractivity contribution in [2.45, 2.75) is 71.3 Å². The van der Waals surface area contributed by atoms with Gasteiger partial charge in [-0.2, -0.15) is 0 Å². The summed E-state index contributed by atoms with van der Waals surface area (Å²) in [5, 5.41) is 0. The van der Waals surface area contributed by atoms with Crippen LogP contribution in [0.5, 0.6) is 0 Å². The highest BCUT2D eigenvalue weighted by molar-refractivity contribution is 5.78. The molecule has 0 N–H and O–H groups in total. The van der Waals surface area contributed by atoms with Gasteiger partial charge in [-0.1, -0.05) is 19.8 Å². The highest BCUT2D eigenvalue weighted by Crippen LogP contribution is 2.52. The Hall–Kier alpha value is -0.570. The fraction of sp³-hybridized carbons (Fsp3) is 0.938. The maximum Gasteiger partial charge on any atom is 0.314 e. The molecule has 2 saturated carbocycles. The Morgan fingerprint density at radius 1 is 1.16 bits per heavy atom. The van der Waals surface area contributed by atoms with E-state index in [9.17, 15) is 4.79 Å². The third-order valence-corrected chi connectivity index (χ3v) is 4.89. The van der Waals surface area contributed by atoms with Crippen molar-refractivity contribution in [2.75, 3.05) is 13.2 Å². The first-order valence-corrected chi connectivity index (χ1v) is 8.04. The van der Waals surface area contributed by atoms with Crippen LogP contribution in [-0.2, 0) is 14.3 Å². The van der Waals surface area contributed by atoms with Crippen molar-refractivity contribution in [3.63, 3.8) is 0 Å². The lowest BCUT2D eigenvalue weighted by atomic mass is 9.71. The maximum absolute atomic E-state index is 12.6. The molecule has 2 fully saturated rings. The average molecular weight is 268 g/mol. The molecule has 0 bridgehead atoms. The molecule has 3 heteroatoms. The first-order valence-electron chi connectivity index (χ1n) is 8.04. The van der Waals surface area contributed by atoms with E-state index in [4.69, 9.17) is 9.47 Å². The van der Waals surface area contributed by atoms with E-state index < -0.39 is 0 Å². The Morgan fingerprint density at radius 2 is 1.89 bits per heavy atom. The van der Waals surface area contributed by atoms with Gasteiger partial charge in [0.1, 0.15) is 0 Å².